The number of thioether (sulfide) groups is 1. The summed E-state index contributed by atoms with van der Waals surface area (Å²) in [5.41, 5.74) is 0. The highest BCUT2D eigenvalue weighted by molar-refractivity contribution is 8.00. The van der Waals surface area contributed by atoms with E-state index >= 15 is 0 Å². The Kier molecular flexibility index (Phi) is 3.61. The van der Waals surface area contributed by atoms with E-state index in [0.29, 0.717) is 15.3 Å². The first-order valence-corrected chi connectivity index (χ1v) is 6.22. The first-order chi connectivity index (χ1) is 6.75. The van der Waals surface area contributed by atoms with Gasteiger partial charge >= 0.3 is 0 Å². The summed E-state index contributed by atoms with van der Waals surface area (Å²) in [7, 11) is 0. The molecular weight excluding hydrogens is 237 g/mol. The molecule has 1 saturated heterocycles. The van der Waals surface area contributed by atoms with Gasteiger partial charge in [-0.2, -0.15) is 0 Å². The highest BCUT2D eigenvalue weighted by Crippen LogP contribution is 2.31. The molecule has 1 aromatic rings. The van der Waals surface area contributed by atoms with Crippen molar-refractivity contribution in [2.45, 2.75) is 16.6 Å². The molecule has 1 N–H and O–H groups in total. The van der Waals surface area contributed by atoms with E-state index in [1.165, 1.54) is 11.3 Å². The van der Waals surface area contributed by atoms with Crippen LogP contribution in [0.5, 0.6) is 0 Å². The van der Waals surface area contributed by atoms with E-state index in [0.717, 1.165) is 13.1 Å². The molecule has 0 spiro atoms. The van der Waals surface area contributed by atoms with Gasteiger partial charge in [0.2, 0.25) is 0 Å². The average molecular weight is 248 g/mol. The van der Waals surface area contributed by atoms with Gasteiger partial charge in [-0.1, -0.05) is 23.2 Å². The van der Waals surface area contributed by atoms with Gasteiger partial charge in [-0.25, -0.2) is 0 Å². The van der Waals surface area contributed by atoms with Gasteiger partial charge < -0.3 is 5.32 Å². The van der Waals surface area contributed by atoms with E-state index in [2.05, 4.69) is 5.32 Å². The molecule has 0 aliphatic carbocycles. The fraction of sp³-hybridized carbons (Fsp3) is 0.400. The third-order valence-electron chi connectivity index (χ3n) is 2.21. The molecule has 1 atom stereocenters. The predicted molar refractivity (Wildman–Crippen MR) is 63.6 cm³/mol. The van der Waals surface area contributed by atoms with Gasteiger partial charge in [-0.15, -0.1) is 11.8 Å². The topological polar surface area (TPSA) is 12.0 Å². The fourth-order valence-electron chi connectivity index (χ4n) is 1.47. The Balaban J connectivity index is 2.05. The molecule has 0 radical (unpaired) electrons. The Morgan fingerprint density at radius 1 is 1.29 bits per heavy atom. The first kappa shape index (κ1) is 10.6. The molecule has 14 heavy (non-hydrogen) atoms. The zero-order valence-electron chi connectivity index (χ0n) is 7.59. The number of rotatable bonds is 2. The summed E-state index contributed by atoms with van der Waals surface area (Å²) in [5.74, 6) is 0. The highest BCUT2D eigenvalue weighted by atomic mass is 35.5. The second-order valence-corrected chi connectivity index (χ2v) is 5.50. The quantitative estimate of drug-likeness (QED) is 0.860. The van der Waals surface area contributed by atoms with Gasteiger partial charge in [-0.3, -0.25) is 0 Å². The Morgan fingerprint density at radius 2 is 2.14 bits per heavy atom. The summed E-state index contributed by atoms with van der Waals surface area (Å²) >= 11 is 13.7. The van der Waals surface area contributed by atoms with Crippen LogP contribution in [-0.4, -0.2) is 18.3 Å². The number of hydrogen-bond donors (Lipinski definition) is 1. The summed E-state index contributed by atoms with van der Waals surface area (Å²) in [6.07, 6.45) is 1.23. The average Bonchev–Trinajstić information content (AvgIpc) is 2.64. The molecule has 0 amide bonds. The van der Waals surface area contributed by atoms with Crippen molar-refractivity contribution < 1.29 is 0 Å². The molecule has 4 heteroatoms. The van der Waals surface area contributed by atoms with Crippen molar-refractivity contribution in [1.82, 2.24) is 5.32 Å². The third kappa shape index (κ3) is 2.57. The fourth-order valence-corrected chi connectivity index (χ4v) is 2.99. The monoisotopic (exact) mass is 247 g/mol. The van der Waals surface area contributed by atoms with Crippen LogP contribution >= 0.6 is 35.0 Å². The molecule has 2 rings (SSSR count). The van der Waals surface area contributed by atoms with Crippen LogP contribution in [0.4, 0.5) is 0 Å². The van der Waals surface area contributed by atoms with Gasteiger partial charge in [0.25, 0.3) is 0 Å². The van der Waals surface area contributed by atoms with E-state index in [1.807, 2.05) is 30.0 Å². The van der Waals surface area contributed by atoms with Crippen molar-refractivity contribution in [3.05, 3.63) is 28.2 Å². The van der Waals surface area contributed by atoms with Gasteiger partial charge in [0.15, 0.2) is 0 Å². The first-order valence-electron chi connectivity index (χ1n) is 4.58. The molecule has 1 fully saturated rings. The smallest absolute Gasteiger partial charge is 0.0603 e. The lowest BCUT2D eigenvalue weighted by Crippen LogP contribution is -2.09. The number of halogens is 2. The lowest BCUT2D eigenvalue weighted by atomic mass is 10.4. The van der Waals surface area contributed by atoms with E-state index in [9.17, 15) is 0 Å². The summed E-state index contributed by atoms with van der Waals surface area (Å²) in [6.45, 7) is 2.21. The maximum atomic E-state index is 5.94. The Morgan fingerprint density at radius 3 is 2.79 bits per heavy atom. The molecule has 0 bridgehead atoms. The van der Waals surface area contributed by atoms with E-state index in [4.69, 9.17) is 23.2 Å². The van der Waals surface area contributed by atoms with E-state index < -0.39 is 0 Å². The van der Waals surface area contributed by atoms with Crippen LogP contribution in [0, 0.1) is 0 Å². The largest absolute Gasteiger partial charge is 0.316 e. The van der Waals surface area contributed by atoms with Crippen molar-refractivity contribution in [3.8, 4) is 0 Å². The maximum Gasteiger partial charge on any atom is 0.0603 e. The zero-order chi connectivity index (χ0) is 9.97. The molecule has 0 unspecified atom stereocenters. The molecule has 1 nitrogen and oxygen atoms in total. The van der Waals surface area contributed by atoms with Crippen LogP contribution < -0.4 is 5.32 Å². The van der Waals surface area contributed by atoms with E-state index in [1.54, 1.807) is 0 Å². The van der Waals surface area contributed by atoms with E-state index in [-0.39, 0.29) is 0 Å². The summed E-state index contributed by atoms with van der Waals surface area (Å²) in [6, 6.07) is 5.82. The Bertz CT molecular complexity index is 324. The van der Waals surface area contributed by atoms with Crippen molar-refractivity contribution >= 4 is 35.0 Å². The molecular formula is C10H11Cl2NS. The van der Waals surface area contributed by atoms with Crippen LogP contribution in [0.15, 0.2) is 23.1 Å². The van der Waals surface area contributed by atoms with Crippen LogP contribution in [0.25, 0.3) is 0 Å². The SMILES string of the molecule is Clc1ccc(S[C@@H]2CCNC2)cc1Cl. The number of benzene rings is 1. The highest BCUT2D eigenvalue weighted by Gasteiger charge is 2.15. The van der Waals surface area contributed by atoms with Gasteiger partial charge in [-0.05, 0) is 31.2 Å². The van der Waals surface area contributed by atoms with Gasteiger partial charge in [0.1, 0.15) is 0 Å². The van der Waals surface area contributed by atoms with Crippen molar-refractivity contribution in [2.75, 3.05) is 13.1 Å². The Labute approximate surface area is 98.2 Å². The second kappa shape index (κ2) is 4.75. The minimum Gasteiger partial charge on any atom is -0.316 e. The molecule has 1 aliphatic rings. The number of nitrogens with one attached hydrogen (secondary N) is 1. The normalized spacial score (nSPS) is 21.4. The summed E-state index contributed by atoms with van der Waals surface area (Å²) < 4.78 is 0. The predicted octanol–water partition coefficient (Wildman–Crippen LogP) is 3.45. The molecule has 76 valence electrons. The number of hydrogen-bond acceptors (Lipinski definition) is 2. The van der Waals surface area contributed by atoms with Crippen molar-refractivity contribution in [3.63, 3.8) is 0 Å². The van der Waals surface area contributed by atoms with Crippen molar-refractivity contribution in [2.24, 2.45) is 0 Å². The van der Waals surface area contributed by atoms with Crippen LogP contribution in [0.2, 0.25) is 10.0 Å². The third-order valence-corrected chi connectivity index (χ3v) is 4.21. The molecule has 1 aromatic carbocycles. The van der Waals surface area contributed by atoms with Crippen LogP contribution in [0.3, 0.4) is 0 Å². The lowest BCUT2D eigenvalue weighted by Gasteiger charge is -2.08. The van der Waals surface area contributed by atoms with Gasteiger partial charge in [0.05, 0.1) is 10.0 Å². The minimum atomic E-state index is 0.626. The Hall–Kier alpha value is 0.110. The summed E-state index contributed by atoms with van der Waals surface area (Å²) in [4.78, 5) is 1.20. The zero-order valence-corrected chi connectivity index (χ0v) is 9.92. The van der Waals surface area contributed by atoms with Gasteiger partial charge in [0, 0.05) is 16.7 Å². The minimum absolute atomic E-state index is 0.626. The lowest BCUT2D eigenvalue weighted by molar-refractivity contribution is 0.858. The second-order valence-electron chi connectivity index (χ2n) is 3.31. The van der Waals surface area contributed by atoms with Crippen LogP contribution in [-0.2, 0) is 0 Å². The molecule has 1 heterocycles. The molecule has 0 aromatic heterocycles. The summed E-state index contributed by atoms with van der Waals surface area (Å²) in [5, 5.41) is 5.28. The van der Waals surface area contributed by atoms with Crippen LogP contribution in [0.1, 0.15) is 6.42 Å². The molecule has 0 saturated carbocycles. The van der Waals surface area contributed by atoms with Crippen molar-refractivity contribution in [1.29, 1.82) is 0 Å². The molecule has 1 aliphatic heterocycles. The maximum absolute atomic E-state index is 5.94. The standard InChI is InChI=1S/C10H11Cl2NS/c11-9-2-1-7(5-10(9)12)14-8-3-4-13-6-8/h1-2,5,8,13H,3-4,6H2/t8-/m1/s1.